The van der Waals surface area contributed by atoms with Gasteiger partial charge in [0.15, 0.2) is 11.5 Å². The Morgan fingerprint density at radius 2 is 1.82 bits per heavy atom. The van der Waals surface area contributed by atoms with E-state index in [1.807, 2.05) is 43.3 Å². The van der Waals surface area contributed by atoms with Gasteiger partial charge in [-0.05, 0) is 61.0 Å². The molecule has 1 atom stereocenters. The molecule has 1 aliphatic rings. The minimum absolute atomic E-state index is 0.0290. The van der Waals surface area contributed by atoms with Crippen LogP contribution >= 0.6 is 27.5 Å². The molecule has 0 fully saturated rings. The average molecular weight is 523 g/mol. The lowest BCUT2D eigenvalue weighted by molar-refractivity contribution is -0.117. The van der Waals surface area contributed by atoms with Crippen molar-refractivity contribution in [2.24, 2.45) is 0 Å². The Morgan fingerprint density at radius 3 is 2.55 bits per heavy atom. The molecule has 1 unspecified atom stereocenters. The lowest BCUT2D eigenvalue weighted by Gasteiger charge is -2.27. The number of aliphatic hydroxyl groups is 1. The van der Waals surface area contributed by atoms with E-state index < -0.39 is 23.5 Å². The van der Waals surface area contributed by atoms with Crippen molar-refractivity contribution in [2.45, 2.75) is 13.0 Å². The lowest BCUT2D eigenvalue weighted by Crippen LogP contribution is -2.31. The minimum atomic E-state index is -0.828. The third kappa shape index (κ3) is 3.75. The van der Waals surface area contributed by atoms with Gasteiger partial charge in [0.25, 0.3) is 5.91 Å². The molecular weight excluding hydrogens is 506 g/mol. The van der Waals surface area contributed by atoms with E-state index in [0.29, 0.717) is 21.9 Å². The fraction of sp³-hybridized carbons (Fsp3) is 0.0769. The zero-order valence-electron chi connectivity index (χ0n) is 17.4. The summed E-state index contributed by atoms with van der Waals surface area (Å²) < 4.78 is 6.63. The molecule has 5 rings (SSSR count). The summed E-state index contributed by atoms with van der Waals surface area (Å²) in [5.41, 5.74) is 2.68. The number of furan rings is 1. The summed E-state index contributed by atoms with van der Waals surface area (Å²) in [6.07, 6.45) is 0. The van der Waals surface area contributed by atoms with E-state index in [1.165, 1.54) is 4.90 Å². The second-order valence-corrected chi connectivity index (χ2v) is 9.20. The van der Waals surface area contributed by atoms with Gasteiger partial charge in [0.05, 0.1) is 11.6 Å². The van der Waals surface area contributed by atoms with Crippen molar-refractivity contribution >= 4 is 55.9 Å². The predicted molar refractivity (Wildman–Crippen MR) is 131 cm³/mol. The Balaban J connectivity index is 1.66. The maximum atomic E-state index is 13.6. The van der Waals surface area contributed by atoms with E-state index in [2.05, 4.69) is 15.9 Å². The largest absolute Gasteiger partial charge is 0.503 e. The van der Waals surface area contributed by atoms with Crippen LogP contribution in [0.2, 0.25) is 5.02 Å². The second-order valence-electron chi connectivity index (χ2n) is 7.85. The molecule has 33 heavy (non-hydrogen) atoms. The molecule has 5 nitrogen and oxygen atoms in total. The number of Topliss-reactive ketones (excluding diaryl/α,β-unsaturated/α-hetero) is 1. The van der Waals surface area contributed by atoms with Gasteiger partial charge in [-0.3, -0.25) is 14.5 Å². The molecule has 0 saturated heterocycles. The van der Waals surface area contributed by atoms with Crippen LogP contribution < -0.4 is 4.90 Å². The first-order valence-electron chi connectivity index (χ1n) is 10.2. The summed E-state index contributed by atoms with van der Waals surface area (Å²) in [6, 6.07) is 20.4. The normalized spacial score (nSPS) is 16.2. The smallest absolute Gasteiger partial charge is 0.294 e. The van der Waals surface area contributed by atoms with Crippen molar-refractivity contribution in [3.8, 4) is 0 Å². The quantitative estimate of drug-likeness (QED) is 0.295. The molecule has 0 radical (unpaired) electrons. The Morgan fingerprint density at radius 1 is 1.06 bits per heavy atom. The van der Waals surface area contributed by atoms with Gasteiger partial charge in [0.2, 0.25) is 5.78 Å². The second kappa shape index (κ2) is 8.21. The maximum absolute atomic E-state index is 13.6. The van der Waals surface area contributed by atoms with E-state index in [9.17, 15) is 14.7 Å². The van der Waals surface area contributed by atoms with E-state index in [0.717, 1.165) is 15.4 Å². The molecule has 1 N–H and O–H groups in total. The van der Waals surface area contributed by atoms with Crippen LogP contribution in [0.3, 0.4) is 0 Å². The maximum Gasteiger partial charge on any atom is 0.294 e. The number of halogens is 2. The van der Waals surface area contributed by atoms with Crippen molar-refractivity contribution in [1.29, 1.82) is 0 Å². The van der Waals surface area contributed by atoms with Gasteiger partial charge in [0, 0.05) is 20.6 Å². The molecule has 0 bridgehead atoms. The summed E-state index contributed by atoms with van der Waals surface area (Å²) in [6.45, 7) is 1.93. The molecule has 4 aromatic rings. The number of carbonyl (C=O) groups is 2. The predicted octanol–water partition coefficient (Wildman–Crippen LogP) is 6.94. The number of benzene rings is 3. The van der Waals surface area contributed by atoms with E-state index >= 15 is 0 Å². The van der Waals surface area contributed by atoms with Crippen molar-refractivity contribution in [3.05, 3.63) is 111 Å². The molecule has 1 aromatic heterocycles. The Bertz CT molecular complexity index is 1450. The van der Waals surface area contributed by atoms with Crippen LogP contribution in [0.15, 0.2) is 93.0 Å². The third-order valence-corrected chi connectivity index (χ3v) is 6.36. The van der Waals surface area contributed by atoms with Gasteiger partial charge in [-0.25, -0.2) is 0 Å². The SMILES string of the molecule is Cc1cccc(C2C(C(=O)c3cc4cc(Br)ccc4o3)=C(O)C(=O)N2c2ccc(Cl)cc2)c1. The van der Waals surface area contributed by atoms with Crippen LogP contribution in [-0.2, 0) is 4.79 Å². The van der Waals surface area contributed by atoms with Crippen LogP contribution in [0.4, 0.5) is 5.69 Å². The highest BCUT2D eigenvalue weighted by molar-refractivity contribution is 9.10. The summed E-state index contributed by atoms with van der Waals surface area (Å²) in [4.78, 5) is 28.3. The first-order chi connectivity index (χ1) is 15.8. The highest BCUT2D eigenvalue weighted by atomic mass is 79.9. The van der Waals surface area contributed by atoms with Crippen LogP contribution in [0.1, 0.15) is 27.7 Å². The van der Waals surface area contributed by atoms with Gasteiger partial charge in [-0.15, -0.1) is 0 Å². The molecular formula is C26H17BrClNO4. The zero-order valence-corrected chi connectivity index (χ0v) is 19.7. The number of aryl methyl sites for hydroxylation is 1. The molecule has 7 heteroatoms. The molecule has 3 aromatic carbocycles. The summed E-state index contributed by atoms with van der Waals surface area (Å²) in [7, 11) is 0. The minimum Gasteiger partial charge on any atom is -0.503 e. The third-order valence-electron chi connectivity index (χ3n) is 5.62. The first kappa shape index (κ1) is 21.5. The topological polar surface area (TPSA) is 70.7 Å². The highest BCUT2D eigenvalue weighted by Crippen LogP contribution is 2.42. The Kier molecular flexibility index (Phi) is 5.35. The van der Waals surface area contributed by atoms with Crippen LogP contribution in [0.5, 0.6) is 0 Å². The molecule has 1 aliphatic heterocycles. The molecule has 0 aliphatic carbocycles. The highest BCUT2D eigenvalue weighted by Gasteiger charge is 2.45. The van der Waals surface area contributed by atoms with Gasteiger partial charge >= 0.3 is 0 Å². The van der Waals surface area contributed by atoms with Gasteiger partial charge in [-0.2, -0.15) is 0 Å². The number of carbonyl (C=O) groups excluding carboxylic acids is 2. The number of hydrogen-bond acceptors (Lipinski definition) is 4. The van der Waals surface area contributed by atoms with Crippen LogP contribution in [0, 0.1) is 6.92 Å². The van der Waals surface area contributed by atoms with Crippen molar-refractivity contribution in [2.75, 3.05) is 4.90 Å². The molecule has 0 saturated carbocycles. The van der Waals surface area contributed by atoms with E-state index in [1.54, 1.807) is 36.4 Å². The van der Waals surface area contributed by atoms with Crippen molar-refractivity contribution in [3.63, 3.8) is 0 Å². The Hall–Kier alpha value is -3.35. The van der Waals surface area contributed by atoms with Crippen LogP contribution in [0.25, 0.3) is 11.0 Å². The number of fused-ring (bicyclic) bond motifs is 1. The molecule has 1 amide bonds. The van der Waals surface area contributed by atoms with Crippen LogP contribution in [-0.4, -0.2) is 16.8 Å². The fourth-order valence-corrected chi connectivity index (χ4v) is 4.62. The number of rotatable bonds is 4. The van der Waals surface area contributed by atoms with Gasteiger partial charge in [-0.1, -0.05) is 57.4 Å². The Labute approximate surface area is 203 Å². The zero-order chi connectivity index (χ0) is 23.3. The number of nitrogens with zero attached hydrogens (tertiary/aromatic N) is 1. The lowest BCUT2D eigenvalue weighted by atomic mass is 9.94. The number of anilines is 1. The summed E-state index contributed by atoms with van der Waals surface area (Å²) >= 11 is 9.44. The summed E-state index contributed by atoms with van der Waals surface area (Å²) in [5.74, 6) is -1.75. The molecule has 164 valence electrons. The van der Waals surface area contributed by atoms with Crippen molar-refractivity contribution < 1.29 is 19.1 Å². The standard InChI is InChI=1S/C26H17BrClNO4/c1-14-3-2-4-15(11-14)23-22(24(30)21-13-16-12-17(27)5-10-20(16)33-21)25(31)26(32)29(23)19-8-6-18(28)7-9-19/h2-13,23,31H,1H3. The first-order valence-corrected chi connectivity index (χ1v) is 11.3. The number of ketones is 1. The molecule has 0 spiro atoms. The monoisotopic (exact) mass is 521 g/mol. The van der Waals surface area contributed by atoms with Gasteiger partial charge < -0.3 is 9.52 Å². The number of aliphatic hydroxyl groups excluding tert-OH is 1. The average Bonchev–Trinajstić information content (AvgIpc) is 3.33. The van der Waals surface area contributed by atoms with E-state index in [-0.39, 0.29) is 11.3 Å². The number of hydrogen-bond donors (Lipinski definition) is 1. The molecule has 2 heterocycles. The number of amides is 1. The van der Waals surface area contributed by atoms with Gasteiger partial charge in [0.1, 0.15) is 5.58 Å². The summed E-state index contributed by atoms with van der Waals surface area (Å²) in [5, 5.41) is 12.1. The fourth-order valence-electron chi connectivity index (χ4n) is 4.12. The van der Waals surface area contributed by atoms with Crippen molar-refractivity contribution in [1.82, 2.24) is 0 Å². The van der Waals surface area contributed by atoms with E-state index in [4.69, 9.17) is 16.0 Å².